The van der Waals surface area contributed by atoms with Gasteiger partial charge in [-0.3, -0.25) is 0 Å². The quantitative estimate of drug-likeness (QED) is 0.542. The van der Waals surface area contributed by atoms with E-state index in [4.69, 9.17) is 24.6 Å². The fourth-order valence-electron chi connectivity index (χ4n) is 4.71. The van der Waals surface area contributed by atoms with Gasteiger partial charge in [-0.05, 0) is 57.4 Å². The Morgan fingerprint density at radius 2 is 1.97 bits per heavy atom. The lowest BCUT2D eigenvalue weighted by Gasteiger charge is -2.38. The van der Waals surface area contributed by atoms with Crippen LogP contribution in [0.2, 0.25) is 5.02 Å². The number of halogens is 2. The van der Waals surface area contributed by atoms with E-state index in [1.54, 1.807) is 6.33 Å². The summed E-state index contributed by atoms with van der Waals surface area (Å²) in [6.07, 6.45) is 3.47. The molecule has 1 aliphatic carbocycles. The largest absolute Gasteiger partial charge is 0.424 e. The van der Waals surface area contributed by atoms with E-state index >= 15 is 0 Å². The van der Waals surface area contributed by atoms with Crippen LogP contribution in [-0.4, -0.2) is 43.9 Å². The molecule has 3 aromatic rings. The summed E-state index contributed by atoms with van der Waals surface area (Å²) in [7, 11) is 0. The zero-order valence-corrected chi connectivity index (χ0v) is 18.6. The molecule has 8 nitrogen and oxygen atoms in total. The molecule has 10 heteroatoms. The molecule has 1 aromatic carbocycles. The molecular weight excluding hydrogens is 445 g/mol. The number of anilines is 2. The first kappa shape index (κ1) is 15.8. The lowest BCUT2D eigenvalue weighted by Crippen LogP contribution is -2.48. The highest BCUT2D eigenvalue weighted by Gasteiger charge is 2.43. The van der Waals surface area contributed by atoms with Crippen molar-refractivity contribution < 1.29 is 17.4 Å². The number of fused-ring (bicyclic) bond motifs is 2. The van der Waals surface area contributed by atoms with Crippen molar-refractivity contribution in [2.75, 3.05) is 23.3 Å². The number of nitrogens with one attached hydrogen (secondary N) is 1. The summed E-state index contributed by atoms with van der Waals surface area (Å²) in [6.45, 7) is -2.53. The molecule has 174 valence electrons. The van der Waals surface area contributed by atoms with E-state index in [2.05, 4.69) is 30.3 Å². The smallest absolute Gasteiger partial charge is 0.322 e. The molecule has 5 rings (SSSR count). The van der Waals surface area contributed by atoms with Gasteiger partial charge < -0.3 is 15.0 Å². The number of nitrogens with zero attached hydrogens (tertiary/aromatic N) is 6. The second-order valence-corrected chi connectivity index (χ2v) is 8.90. The van der Waals surface area contributed by atoms with Crippen LogP contribution in [0.25, 0.3) is 0 Å². The maximum atomic E-state index is 13.9. The molecule has 1 aliphatic heterocycles. The molecule has 33 heavy (non-hydrogen) atoms. The number of aromatic nitrogens is 5. The number of rotatable bonds is 6. The van der Waals surface area contributed by atoms with E-state index in [0.717, 1.165) is 54.3 Å². The topological polar surface area (TPSA) is 81.0 Å². The first-order valence-electron chi connectivity index (χ1n) is 13.7. The van der Waals surface area contributed by atoms with Crippen LogP contribution in [0, 0.1) is 24.6 Å². The molecule has 2 unspecified atom stereocenters. The Morgan fingerprint density at radius 3 is 2.67 bits per heavy atom. The van der Waals surface area contributed by atoms with Gasteiger partial charge >= 0.3 is 6.01 Å². The number of ether oxygens (including phenoxy) is 1. The minimum Gasteiger partial charge on any atom is -0.424 e. The van der Waals surface area contributed by atoms with Gasteiger partial charge in [0, 0.05) is 50.2 Å². The Kier molecular flexibility index (Phi) is 4.21. The lowest BCUT2D eigenvalue weighted by molar-refractivity contribution is 0.373. The number of benzene rings is 1. The average Bonchev–Trinajstić information content (AvgIpc) is 3.25. The van der Waals surface area contributed by atoms with Crippen LogP contribution in [0.1, 0.15) is 46.5 Å². The van der Waals surface area contributed by atoms with Crippen molar-refractivity contribution in [3.8, 4) is 11.8 Å². The monoisotopic (exact) mass is 477 g/mol. The zero-order valence-electron chi connectivity index (χ0n) is 23.9. The van der Waals surface area contributed by atoms with Gasteiger partial charge in [0.15, 0.2) is 0 Å². The average molecular weight is 478 g/mol. The van der Waals surface area contributed by atoms with Crippen LogP contribution in [-0.2, 0) is 0 Å². The van der Waals surface area contributed by atoms with Crippen molar-refractivity contribution in [1.82, 2.24) is 24.7 Å². The number of hydrogen-bond acceptors (Lipinski definition) is 7. The Hall–Kier alpha value is -2.94. The van der Waals surface area contributed by atoms with Crippen LogP contribution in [0.15, 0.2) is 30.6 Å². The molecule has 0 amide bonds. The molecule has 2 fully saturated rings. The molecule has 2 aliphatic rings. The van der Waals surface area contributed by atoms with E-state index in [0.29, 0.717) is 0 Å². The van der Waals surface area contributed by atoms with Crippen LogP contribution < -0.4 is 15.0 Å². The third-order valence-electron chi connectivity index (χ3n) is 6.13. The Labute approximate surface area is 205 Å². The third-order valence-corrected chi connectivity index (χ3v) is 6.35. The zero-order chi connectivity index (χ0) is 28.1. The van der Waals surface area contributed by atoms with Gasteiger partial charge in [-0.1, -0.05) is 11.6 Å². The molecule has 1 N–H and O–H groups in total. The Balaban J connectivity index is 1.44. The van der Waals surface area contributed by atoms with E-state index in [1.807, 2.05) is 13.0 Å². The molecule has 0 radical (unpaired) electrons. The van der Waals surface area contributed by atoms with Crippen LogP contribution in [0.5, 0.6) is 11.8 Å². The molecule has 2 aromatic heterocycles. The maximum Gasteiger partial charge on any atom is 0.322 e. The van der Waals surface area contributed by atoms with Crippen molar-refractivity contribution in [1.29, 1.82) is 0 Å². The minimum atomic E-state index is -2.96. The van der Waals surface area contributed by atoms with E-state index in [9.17, 15) is 4.39 Å². The highest BCUT2D eigenvalue weighted by molar-refractivity contribution is 6.30. The van der Waals surface area contributed by atoms with Gasteiger partial charge in [-0.2, -0.15) is 4.98 Å². The van der Waals surface area contributed by atoms with Gasteiger partial charge in [0.25, 0.3) is 0 Å². The molecule has 2 atom stereocenters. The van der Waals surface area contributed by atoms with Gasteiger partial charge in [-0.25, -0.2) is 19.0 Å². The van der Waals surface area contributed by atoms with Crippen LogP contribution >= 0.6 is 11.6 Å². The van der Waals surface area contributed by atoms with Crippen molar-refractivity contribution in [3.05, 3.63) is 47.1 Å². The molecule has 1 saturated carbocycles. The van der Waals surface area contributed by atoms with Crippen molar-refractivity contribution in [2.45, 2.75) is 45.6 Å². The van der Waals surface area contributed by atoms with Gasteiger partial charge in [-0.15, -0.1) is 5.10 Å². The second-order valence-electron chi connectivity index (χ2n) is 8.46. The SMILES string of the molecule is [2H]C([2H])([2H])C(n1nc(NC2C3CCC2CN(c2cc(C)ncn2)C3)nc1Oc1cc(F)cc(Cl)c1)C([2H])([2H])[2H]. The Morgan fingerprint density at radius 1 is 1.18 bits per heavy atom. The molecular formula is C23H27ClFN7O. The molecule has 3 heterocycles. The van der Waals surface area contributed by atoms with Crippen molar-refractivity contribution in [2.24, 2.45) is 11.8 Å². The summed E-state index contributed by atoms with van der Waals surface area (Å²) in [5.41, 5.74) is 0.882. The first-order valence-corrected chi connectivity index (χ1v) is 11.1. The molecule has 0 spiro atoms. The molecule has 1 saturated heterocycles. The minimum absolute atomic E-state index is 0.0271. The predicted molar refractivity (Wildman–Crippen MR) is 124 cm³/mol. The number of piperidine rings is 1. The maximum absolute atomic E-state index is 13.9. The summed E-state index contributed by atoms with van der Waals surface area (Å²) >= 11 is 5.93. The second kappa shape index (κ2) is 8.78. The van der Waals surface area contributed by atoms with Gasteiger partial charge in [0.05, 0.1) is 6.04 Å². The summed E-state index contributed by atoms with van der Waals surface area (Å²) < 4.78 is 67.7. The van der Waals surface area contributed by atoms with E-state index in [-0.39, 0.29) is 34.6 Å². The van der Waals surface area contributed by atoms with E-state index in [1.165, 1.54) is 6.07 Å². The summed E-state index contributed by atoms with van der Waals surface area (Å²) in [5, 5.41) is 7.60. The van der Waals surface area contributed by atoms with Crippen LogP contribution in [0.3, 0.4) is 0 Å². The number of hydrogen-bond donors (Lipinski definition) is 1. The Bertz CT molecular complexity index is 1300. The number of aryl methyl sites for hydroxylation is 1. The van der Waals surface area contributed by atoms with Crippen molar-refractivity contribution >= 4 is 23.4 Å². The van der Waals surface area contributed by atoms with Gasteiger partial charge in [0.1, 0.15) is 23.7 Å². The predicted octanol–water partition coefficient (Wildman–Crippen LogP) is 4.87. The van der Waals surface area contributed by atoms with Gasteiger partial charge in [0.2, 0.25) is 5.95 Å². The highest BCUT2D eigenvalue weighted by Crippen LogP contribution is 2.40. The third kappa shape index (κ3) is 4.59. The standard InChI is InChI=1S/C23H27ClFN7O/c1-13(2)32-23(33-19-8-17(24)7-18(25)9-19)29-22(30-32)28-21-15-4-5-16(21)11-31(10-15)20-6-14(3)26-12-27-20/h6-9,12-13,15-16,21H,4-5,10-11H2,1-3H3,(H,28,30)/i1D3,2D3. The fourth-order valence-corrected chi connectivity index (χ4v) is 4.92. The highest BCUT2D eigenvalue weighted by atomic mass is 35.5. The first-order chi connectivity index (χ1) is 18.3. The van der Waals surface area contributed by atoms with Crippen molar-refractivity contribution in [3.63, 3.8) is 0 Å². The molecule has 2 bridgehead atoms. The summed E-state index contributed by atoms with van der Waals surface area (Å²) in [4.78, 5) is 15.1. The van der Waals surface area contributed by atoms with Crippen LogP contribution in [0.4, 0.5) is 16.2 Å². The van der Waals surface area contributed by atoms with E-state index < -0.39 is 31.6 Å². The lowest BCUT2D eigenvalue weighted by atomic mass is 9.92. The summed E-state index contributed by atoms with van der Waals surface area (Å²) in [5.74, 6) is 0.565. The summed E-state index contributed by atoms with van der Waals surface area (Å²) in [6, 6.07) is 2.87. The fraction of sp³-hybridized carbons (Fsp3) is 0.478. The normalized spacial score (nSPS) is 25.6.